The Bertz CT molecular complexity index is 57.5. The van der Waals surface area contributed by atoms with Crippen LogP contribution in [0.25, 0.3) is 0 Å². The fourth-order valence-corrected chi connectivity index (χ4v) is 0.351. The van der Waals surface area contributed by atoms with Gasteiger partial charge in [-0.05, 0) is 0 Å². The highest BCUT2D eigenvalue weighted by Crippen LogP contribution is 1.74. The van der Waals surface area contributed by atoms with Gasteiger partial charge in [0.2, 0.25) is 0 Å². The van der Waals surface area contributed by atoms with Crippen molar-refractivity contribution >= 4 is 29.5 Å². The monoisotopic (exact) mass is 125 g/mol. The van der Waals surface area contributed by atoms with Crippen molar-refractivity contribution in [3.05, 3.63) is 0 Å². The van der Waals surface area contributed by atoms with Crippen LogP contribution < -0.4 is 5.32 Å². The number of hydrogen-bond donors (Lipinski definition) is 2. The smallest absolute Gasteiger partial charge is 0.276 e. The summed E-state index contributed by atoms with van der Waals surface area (Å²) in [5, 5.41) is 1.80. The highest BCUT2D eigenvalue weighted by atomic mass is 35.5. The van der Waals surface area contributed by atoms with Crippen LogP contribution in [0.15, 0.2) is 0 Å². The second kappa shape index (κ2) is 3.31. The summed E-state index contributed by atoms with van der Waals surface area (Å²) in [6.45, 7) is 0. The summed E-state index contributed by atoms with van der Waals surface area (Å²) in [5.41, 5.74) is 0. The minimum absolute atomic E-state index is 0.127. The van der Waals surface area contributed by atoms with Crippen molar-refractivity contribution < 1.29 is 4.79 Å². The summed E-state index contributed by atoms with van der Waals surface area (Å²) in [6, 6.07) is 0.127. The van der Waals surface area contributed by atoms with Crippen molar-refractivity contribution in [2.45, 2.75) is 0 Å². The number of rotatable bonds is 1. The zero-order valence-electron chi connectivity index (χ0n) is 2.94. The van der Waals surface area contributed by atoms with E-state index < -0.39 is 5.24 Å². The summed E-state index contributed by atoms with van der Waals surface area (Å²) in [4.78, 5) is 9.71. The zero-order valence-corrected chi connectivity index (χ0v) is 4.59. The van der Waals surface area contributed by atoms with Gasteiger partial charge in [0, 0.05) is 0 Å². The molecule has 0 radical (unpaired) electrons. The van der Waals surface area contributed by atoms with Crippen molar-refractivity contribution in [1.82, 2.24) is 5.32 Å². The predicted octanol–water partition coefficient (Wildman–Crippen LogP) is 0.822. The van der Waals surface area contributed by atoms with E-state index in [1.165, 1.54) is 0 Å². The van der Waals surface area contributed by atoms with E-state index in [0.29, 0.717) is 0 Å². The second-order valence-electron chi connectivity index (χ2n) is 0.616. The van der Waals surface area contributed by atoms with E-state index in [2.05, 4.69) is 17.9 Å². The Morgan fingerprint density at radius 2 is 2.50 bits per heavy atom. The molecular weight excluding hydrogens is 122 g/mol. The van der Waals surface area contributed by atoms with Gasteiger partial charge in [-0.1, -0.05) is 12.6 Å². The van der Waals surface area contributed by atoms with Gasteiger partial charge in [0.05, 0.1) is 6.00 Å². The number of thiol groups is 1. The van der Waals surface area contributed by atoms with E-state index in [0.717, 1.165) is 0 Å². The first kappa shape index (κ1) is 6.11. The van der Waals surface area contributed by atoms with Crippen LogP contribution in [0.4, 0.5) is 4.79 Å². The third-order valence-corrected chi connectivity index (χ3v) is 0.510. The lowest BCUT2D eigenvalue weighted by molar-refractivity contribution is 0.262. The van der Waals surface area contributed by atoms with Crippen LogP contribution in [0.3, 0.4) is 0 Å². The van der Waals surface area contributed by atoms with Gasteiger partial charge < -0.3 is 5.32 Å². The quantitative estimate of drug-likeness (QED) is 0.303. The summed E-state index contributed by atoms with van der Waals surface area (Å²) < 4.78 is 0. The molecule has 0 rings (SSSR count). The molecule has 0 aliphatic rings. The molecule has 0 atom stereocenters. The lowest BCUT2D eigenvalue weighted by Crippen LogP contribution is -2.12. The molecule has 0 unspecified atom stereocenters. The van der Waals surface area contributed by atoms with Crippen molar-refractivity contribution in [2.24, 2.45) is 0 Å². The molecule has 0 aliphatic carbocycles. The van der Waals surface area contributed by atoms with Gasteiger partial charge in [-0.15, -0.1) is 11.6 Å². The molecule has 0 spiro atoms. The normalized spacial score (nSPS) is 7.67. The highest BCUT2D eigenvalue weighted by Gasteiger charge is 1.81. The van der Waals surface area contributed by atoms with Crippen molar-refractivity contribution in [2.75, 3.05) is 6.00 Å². The van der Waals surface area contributed by atoms with Gasteiger partial charge in [0.25, 0.3) is 5.24 Å². The van der Waals surface area contributed by atoms with Crippen LogP contribution in [0.1, 0.15) is 0 Å². The molecule has 6 heavy (non-hydrogen) atoms. The van der Waals surface area contributed by atoms with E-state index in [9.17, 15) is 4.79 Å². The van der Waals surface area contributed by atoms with E-state index in [-0.39, 0.29) is 6.00 Å². The maximum absolute atomic E-state index is 9.71. The molecule has 0 heterocycles. The Labute approximate surface area is 46.3 Å². The van der Waals surface area contributed by atoms with Crippen LogP contribution in [-0.4, -0.2) is 11.2 Å². The lowest BCUT2D eigenvalue weighted by Gasteiger charge is -1.85. The van der Waals surface area contributed by atoms with Crippen LogP contribution >= 0.6 is 24.2 Å². The first-order chi connectivity index (χ1) is 2.77. The Morgan fingerprint density at radius 3 is 2.50 bits per heavy atom. The molecule has 4 heteroatoms. The second-order valence-corrected chi connectivity index (χ2v) is 1.29. The van der Waals surface area contributed by atoms with Crippen LogP contribution in [-0.2, 0) is 0 Å². The maximum atomic E-state index is 9.71. The Kier molecular flexibility index (Phi) is 3.37. The average Bonchev–Trinajstić information content (AvgIpc) is 1.35. The van der Waals surface area contributed by atoms with Crippen LogP contribution in [0, 0.1) is 0 Å². The standard InChI is InChI=1S/C2H4ClNOS/c3-1-4-2(5)6/h1H2,(H2,4,5,6). The van der Waals surface area contributed by atoms with E-state index >= 15 is 0 Å². The number of amides is 1. The van der Waals surface area contributed by atoms with Crippen LogP contribution in [0.5, 0.6) is 0 Å². The fraction of sp³-hybridized carbons (Fsp3) is 0.500. The first-order valence-corrected chi connectivity index (χ1v) is 2.28. The molecular formula is C2H4ClNOS. The minimum Gasteiger partial charge on any atom is -0.334 e. The molecule has 1 N–H and O–H groups in total. The largest absolute Gasteiger partial charge is 0.334 e. The molecule has 0 saturated heterocycles. The Morgan fingerprint density at radius 1 is 2.00 bits per heavy atom. The minimum atomic E-state index is -0.398. The Hall–Kier alpha value is 0.110. The summed E-state index contributed by atoms with van der Waals surface area (Å²) >= 11 is 8.36. The summed E-state index contributed by atoms with van der Waals surface area (Å²) in [6.07, 6.45) is 0. The number of nitrogens with one attached hydrogen (secondary N) is 1. The average molecular weight is 126 g/mol. The van der Waals surface area contributed by atoms with Gasteiger partial charge in [-0.3, -0.25) is 4.79 Å². The van der Waals surface area contributed by atoms with Gasteiger partial charge in [0.1, 0.15) is 0 Å². The fourth-order valence-electron chi connectivity index (χ4n) is 0.0572. The molecule has 2 nitrogen and oxygen atoms in total. The number of hydrogen-bond acceptors (Lipinski definition) is 1. The SMILES string of the molecule is O=C(S)NCCl. The lowest BCUT2D eigenvalue weighted by atomic mass is 11.2. The van der Waals surface area contributed by atoms with Crippen molar-refractivity contribution in [3.63, 3.8) is 0 Å². The van der Waals surface area contributed by atoms with Gasteiger partial charge >= 0.3 is 0 Å². The molecule has 0 fully saturated rings. The summed E-state index contributed by atoms with van der Waals surface area (Å²) in [5.74, 6) is 0. The molecule has 36 valence electrons. The maximum Gasteiger partial charge on any atom is 0.276 e. The number of alkyl halides is 1. The number of carbonyl (C=O) groups excluding carboxylic acids is 1. The third-order valence-electron chi connectivity index (χ3n) is 0.218. The van der Waals surface area contributed by atoms with E-state index in [4.69, 9.17) is 11.6 Å². The van der Waals surface area contributed by atoms with Gasteiger partial charge in [-0.2, -0.15) is 0 Å². The van der Waals surface area contributed by atoms with Gasteiger partial charge in [-0.25, -0.2) is 0 Å². The molecule has 0 aromatic carbocycles. The number of halogens is 1. The van der Waals surface area contributed by atoms with Crippen molar-refractivity contribution in [1.29, 1.82) is 0 Å². The van der Waals surface area contributed by atoms with Gasteiger partial charge in [0.15, 0.2) is 0 Å². The third kappa shape index (κ3) is 4.11. The molecule has 0 aliphatic heterocycles. The molecule has 0 saturated carbocycles. The molecule has 0 bridgehead atoms. The van der Waals surface area contributed by atoms with Crippen molar-refractivity contribution in [3.8, 4) is 0 Å². The molecule has 0 aromatic heterocycles. The molecule has 0 aromatic rings. The Balaban J connectivity index is 2.83. The van der Waals surface area contributed by atoms with E-state index in [1.807, 2.05) is 0 Å². The highest BCUT2D eigenvalue weighted by molar-refractivity contribution is 7.96. The topological polar surface area (TPSA) is 29.1 Å². The van der Waals surface area contributed by atoms with Crippen LogP contribution in [0.2, 0.25) is 0 Å². The summed E-state index contributed by atoms with van der Waals surface area (Å²) in [7, 11) is 0. The first-order valence-electron chi connectivity index (χ1n) is 1.30. The predicted molar refractivity (Wildman–Crippen MR) is 28.2 cm³/mol. The zero-order chi connectivity index (χ0) is 4.99. The number of carbonyl (C=O) groups is 1. The molecule has 1 amide bonds. The van der Waals surface area contributed by atoms with E-state index in [1.54, 1.807) is 0 Å².